The van der Waals surface area contributed by atoms with Crippen LogP contribution < -0.4 is 0 Å². The summed E-state index contributed by atoms with van der Waals surface area (Å²) in [6.45, 7) is 0.329. The first-order valence-electron chi connectivity index (χ1n) is 9.22. The molecule has 8 heteroatoms. The third kappa shape index (κ3) is 4.16. The number of rotatable bonds is 6. The number of benzene rings is 1. The Morgan fingerprint density at radius 3 is 2.37 bits per heavy atom. The lowest BCUT2D eigenvalue weighted by Gasteiger charge is -2.23. The highest BCUT2D eigenvalue weighted by atomic mass is 32.2. The highest BCUT2D eigenvalue weighted by molar-refractivity contribution is 7.92. The minimum atomic E-state index is -3.36. The molecule has 2 fully saturated rings. The zero-order chi connectivity index (χ0) is 19.6. The van der Waals surface area contributed by atoms with Crippen molar-refractivity contribution in [1.82, 2.24) is 4.90 Å². The van der Waals surface area contributed by atoms with E-state index in [2.05, 4.69) is 0 Å². The van der Waals surface area contributed by atoms with E-state index in [1.54, 1.807) is 7.11 Å². The van der Waals surface area contributed by atoms with Crippen LogP contribution in [0, 0.1) is 0 Å². The summed E-state index contributed by atoms with van der Waals surface area (Å²) in [5.74, 6) is -1.27. The van der Waals surface area contributed by atoms with Gasteiger partial charge in [0.15, 0.2) is 9.84 Å². The topological polar surface area (TPSA) is 101 Å². The molecule has 2 atom stereocenters. The number of hydrogen-bond donors (Lipinski definition) is 1. The predicted octanol–water partition coefficient (Wildman–Crippen LogP) is 2.11. The van der Waals surface area contributed by atoms with E-state index in [1.807, 2.05) is 0 Å². The van der Waals surface area contributed by atoms with Crippen LogP contribution in [0.4, 0.5) is 0 Å². The van der Waals surface area contributed by atoms with Crippen LogP contribution >= 0.6 is 0 Å². The fraction of sp³-hybridized carbons (Fsp3) is 0.579. The Morgan fingerprint density at radius 2 is 1.81 bits per heavy atom. The van der Waals surface area contributed by atoms with E-state index in [-0.39, 0.29) is 28.6 Å². The molecule has 1 aromatic carbocycles. The Morgan fingerprint density at radius 1 is 1.19 bits per heavy atom. The summed E-state index contributed by atoms with van der Waals surface area (Å²) in [5, 5.41) is 8.75. The number of hydrogen-bond acceptors (Lipinski definition) is 5. The molecular formula is C19H25NO6S. The van der Waals surface area contributed by atoms with Crippen molar-refractivity contribution in [1.29, 1.82) is 0 Å². The quantitative estimate of drug-likeness (QED) is 0.792. The number of carbonyl (C=O) groups excluding carboxylic acids is 1. The van der Waals surface area contributed by atoms with Crippen LogP contribution in [0.1, 0.15) is 48.9 Å². The second-order valence-corrected chi connectivity index (χ2v) is 9.51. The molecule has 0 spiro atoms. The van der Waals surface area contributed by atoms with E-state index in [0.717, 1.165) is 12.8 Å². The molecule has 27 heavy (non-hydrogen) atoms. The van der Waals surface area contributed by atoms with Gasteiger partial charge in [-0.05, 0) is 43.5 Å². The van der Waals surface area contributed by atoms with Crippen molar-refractivity contribution in [3.8, 4) is 0 Å². The van der Waals surface area contributed by atoms with Crippen molar-refractivity contribution in [3.63, 3.8) is 0 Å². The van der Waals surface area contributed by atoms with E-state index >= 15 is 0 Å². The smallest absolute Gasteiger partial charge is 0.305 e. The number of methoxy groups -OCH3 is 1. The average Bonchev–Trinajstić information content (AvgIpc) is 3.31. The van der Waals surface area contributed by atoms with Gasteiger partial charge in [-0.2, -0.15) is 0 Å². The molecule has 1 heterocycles. The first kappa shape index (κ1) is 19.8. The van der Waals surface area contributed by atoms with Gasteiger partial charge in [-0.1, -0.05) is 12.8 Å². The van der Waals surface area contributed by atoms with Crippen LogP contribution in [0.5, 0.6) is 0 Å². The summed E-state index contributed by atoms with van der Waals surface area (Å²) in [5.41, 5.74) is 0.354. The number of nitrogens with zero attached hydrogens (tertiary/aromatic N) is 1. The fourth-order valence-electron chi connectivity index (χ4n) is 4.03. The zero-order valence-corrected chi connectivity index (χ0v) is 16.2. The molecule has 1 amide bonds. The van der Waals surface area contributed by atoms with Crippen molar-refractivity contribution in [2.45, 2.75) is 60.8 Å². The molecule has 1 aromatic rings. The molecule has 0 bridgehead atoms. The number of carboxylic acids is 1. The first-order valence-corrected chi connectivity index (χ1v) is 10.8. The maximum Gasteiger partial charge on any atom is 0.305 e. The van der Waals surface area contributed by atoms with E-state index in [1.165, 1.54) is 29.2 Å². The zero-order valence-electron chi connectivity index (χ0n) is 15.3. The third-order valence-electron chi connectivity index (χ3n) is 5.55. The lowest BCUT2D eigenvalue weighted by atomic mass is 10.1. The molecule has 0 radical (unpaired) electrons. The Balaban J connectivity index is 1.77. The Labute approximate surface area is 159 Å². The number of sulfone groups is 1. The molecule has 7 nitrogen and oxygen atoms in total. The molecule has 1 aliphatic heterocycles. The molecule has 1 N–H and O–H groups in total. The largest absolute Gasteiger partial charge is 0.481 e. The summed E-state index contributed by atoms with van der Waals surface area (Å²) >= 11 is 0. The van der Waals surface area contributed by atoms with Crippen molar-refractivity contribution >= 4 is 21.7 Å². The number of likely N-dealkylation sites (tertiary alicyclic amines) is 1. The molecule has 0 aromatic heterocycles. The van der Waals surface area contributed by atoms with Crippen LogP contribution in [0.3, 0.4) is 0 Å². The Kier molecular flexibility index (Phi) is 5.86. The van der Waals surface area contributed by atoms with Gasteiger partial charge in [0.25, 0.3) is 5.91 Å². The number of amides is 1. The standard InChI is InChI=1S/C19H25NO6S/c1-26-15-10-14(11-18(21)22)20(12-15)19(23)13-6-8-17(9-7-13)27(24,25)16-4-2-3-5-16/h6-9,14-16H,2-5,10-12H2,1H3,(H,21,22). The SMILES string of the molecule is COC1CC(CC(=O)O)N(C(=O)c2ccc(S(=O)(=O)C3CCCC3)cc2)C1. The maximum absolute atomic E-state index is 12.8. The van der Waals surface area contributed by atoms with Crippen molar-refractivity contribution in [3.05, 3.63) is 29.8 Å². The third-order valence-corrected chi connectivity index (χ3v) is 7.83. The minimum absolute atomic E-state index is 0.139. The number of aliphatic carboxylic acids is 1. The summed E-state index contributed by atoms with van der Waals surface area (Å²) in [7, 11) is -1.82. The van der Waals surface area contributed by atoms with Gasteiger partial charge in [0, 0.05) is 25.3 Å². The second-order valence-electron chi connectivity index (χ2n) is 7.28. The number of ether oxygens (including phenoxy) is 1. The van der Waals surface area contributed by atoms with E-state index < -0.39 is 21.8 Å². The van der Waals surface area contributed by atoms with Crippen LogP contribution in [-0.2, 0) is 19.4 Å². The molecule has 1 saturated heterocycles. The highest BCUT2D eigenvalue weighted by Crippen LogP contribution is 2.30. The first-order chi connectivity index (χ1) is 12.8. The monoisotopic (exact) mass is 395 g/mol. The number of carbonyl (C=O) groups is 2. The van der Waals surface area contributed by atoms with Crippen LogP contribution in [0.15, 0.2) is 29.2 Å². The molecule has 3 rings (SSSR count). The molecule has 2 unspecified atom stereocenters. The molecule has 1 saturated carbocycles. The van der Waals surface area contributed by atoms with Gasteiger partial charge >= 0.3 is 5.97 Å². The van der Waals surface area contributed by atoms with E-state index in [9.17, 15) is 18.0 Å². The molecule has 148 valence electrons. The molecule has 1 aliphatic carbocycles. The van der Waals surface area contributed by atoms with Gasteiger partial charge in [0.1, 0.15) is 0 Å². The summed E-state index contributed by atoms with van der Waals surface area (Å²) in [6.07, 6.45) is 3.38. The van der Waals surface area contributed by atoms with Gasteiger partial charge in [-0.25, -0.2) is 8.42 Å². The van der Waals surface area contributed by atoms with Crippen molar-refractivity contribution in [2.75, 3.05) is 13.7 Å². The lowest BCUT2D eigenvalue weighted by Crippen LogP contribution is -2.37. The van der Waals surface area contributed by atoms with E-state index in [0.29, 0.717) is 31.4 Å². The highest BCUT2D eigenvalue weighted by Gasteiger charge is 2.37. The predicted molar refractivity (Wildman–Crippen MR) is 98.4 cm³/mol. The van der Waals surface area contributed by atoms with Gasteiger partial charge < -0.3 is 14.7 Å². The lowest BCUT2D eigenvalue weighted by molar-refractivity contribution is -0.138. The van der Waals surface area contributed by atoms with Gasteiger partial charge in [0.2, 0.25) is 0 Å². The Hall–Kier alpha value is -1.93. The maximum atomic E-state index is 12.8. The van der Waals surface area contributed by atoms with Gasteiger partial charge in [0.05, 0.1) is 22.7 Å². The van der Waals surface area contributed by atoms with Gasteiger partial charge in [-0.15, -0.1) is 0 Å². The van der Waals surface area contributed by atoms with E-state index in [4.69, 9.17) is 9.84 Å². The number of carboxylic acid groups (broad SMARTS) is 1. The molecular weight excluding hydrogens is 370 g/mol. The summed E-state index contributed by atoms with van der Waals surface area (Å²) < 4.78 is 30.6. The second kappa shape index (κ2) is 7.98. The van der Waals surface area contributed by atoms with Crippen molar-refractivity contribution in [2.24, 2.45) is 0 Å². The molecule has 2 aliphatic rings. The normalized spacial score (nSPS) is 23.7. The van der Waals surface area contributed by atoms with Crippen LogP contribution in [-0.4, -0.2) is 61.4 Å². The van der Waals surface area contributed by atoms with Crippen LogP contribution in [0.2, 0.25) is 0 Å². The summed E-state index contributed by atoms with van der Waals surface area (Å²) in [6, 6.07) is 5.57. The summed E-state index contributed by atoms with van der Waals surface area (Å²) in [4.78, 5) is 25.7. The van der Waals surface area contributed by atoms with Crippen molar-refractivity contribution < 1.29 is 27.9 Å². The average molecular weight is 395 g/mol. The van der Waals surface area contributed by atoms with Gasteiger partial charge in [-0.3, -0.25) is 9.59 Å². The Bertz CT molecular complexity index is 798. The fourth-order valence-corrected chi connectivity index (χ4v) is 5.89. The van der Waals surface area contributed by atoms with Crippen LogP contribution in [0.25, 0.3) is 0 Å². The minimum Gasteiger partial charge on any atom is -0.481 e.